The fraction of sp³-hybridized carbons (Fsp3) is 0.705. The van der Waals surface area contributed by atoms with Crippen molar-refractivity contribution in [1.82, 2.24) is 0 Å². The summed E-state index contributed by atoms with van der Waals surface area (Å²) in [7, 11) is 5.50. The number of allylic oxidation sites excluding steroid dienone is 10. The van der Waals surface area contributed by atoms with Crippen LogP contribution in [0.15, 0.2) is 60.8 Å². The maximum atomic E-state index is 12.7. The van der Waals surface area contributed by atoms with E-state index in [1.54, 1.807) is 0 Å². The quantitative estimate of drug-likeness (QED) is 0.0300. The Morgan fingerprint density at radius 1 is 0.577 bits per heavy atom. The lowest BCUT2D eigenvalue weighted by atomic mass is 10.1. The number of esters is 2. The molecule has 0 radical (unpaired) electrons. The topological polar surface area (TPSA) is 99.1 Å². The summed E-state index contributed by atoms with van der Waals surface area (Å²) in [5.74, 6) is -1.52. The van der Waals surface area contributed by atoms with Gasteiger partial charge in [0, 0.05) is 19.3 Å². The Bertz CT molecular complexity index is 1040. The molecule has 0 aromatic rings. The maximum Gasteiger partial charge on any atom is 0.362 e. The van der Waals surface area contributed by atoms with E-state index in [-0.39, 0.29) is 36.2 Å². The molecule has 8 heteroatoms. The van der Waals surface area contributed by atoms with Crippen LogP contribution in [0.5, 0.6) is 0 Å². The van der Waals surface area contributed by atoms with Gasteiger partial charge in [-0.2, -0.15) is 0 Å². The molecule has 0 aromatic heterocycles. The third-order valence-electron chi connectivity index (χ3n) is 8.66. The van der Waals surface area contributed by atoms with Crippen molar-refractivity contribution in [2.45, 2.75) is 161 Å². The van der Waals surface area contributed by atoms with Gasteiger partial charge in [0.25, 0.3) is 0 Å². The van der Waals surface area contributed by atoms with Gasteiger partial charge in [-0.25, -0.2) is 4.79 Å². The normalized spacial score (nSPS) is 13.6. The van der Waals surface area contributed by atoms with E-state index in [9.17, 15) is 19.5 Å². The molecule has 0 bridgehead atoms. The highest BCUT2D eigenvalue weighted by Crippen LogP contribution is 2.13. The van der Waals surface area contributed by atoms with Crippen LogP contribution in [0.2, 0.25) is 0 Å². The number of unbranched alkanes of at least 4 members (excludes halogenated alkanes) is 11. The number of hydrogen-bond acceptors (Lipinski definition) is 6. The highest BCUT2D eigenvalue weighted by Gasteiger charge is 2.31. The molecular formula is C44H76NO7+. The first kappa shape index (κ1) is 49.0. The number of nitrogens with zero attached hydrogens (tertiary/aromatic N) is 1. The Balaban J connectivity index is 4.44. The second-order valence-corrected chi connectivity index (χ2v) is 14.5. The Morgan fingerprint density at radius 2 is 1.02 bits per heavy atom. The molecule has 0 saturated carbocycles. The van der Waals surface area contributed by atoms with Gasteiger partial charge in [-0.1, -0.05) is 120 Å². The molecule has 0 rings (SSSR count). The molecule has 0 aliphatic rings. The number of quaternary nitrogens is 1. The zero-order chi connectivity index (χ0) is 38.5. The average Bonchev–Trinajstić information content (AvgIpc) is 3.09. The first-order valence-corrected chi connectivity index (χ1v) is 20.3. The van der Waals surface area contributed by atoms with Crippen LogP contribution in [0.25, 0.3) is 0 Å². The van der Waals surface area contributed by atoms with E-state index in [0.717, 1.165) is 89.9 Å². The van der Waals surface area contributed by atoms with Crippen LogP contribution in [0, 0.1) is 0 Å². The van der Waals surface area contributed by atoms with Crippen molar-refractivity contribution in [3.63, 3.8) is 0 Å². The molecule has 0 heterocycles. The van der Waals surface area contributed by atoms with Gasteiger partial charge in [0.15, 0.2) is 12.1 Å². The molecule has 0 spiro atoms. The Morgan fingerprint density at radius 3 is 1.50 bits per heavy atom. The minimum Gasteiger partial charge on any atom is -0.477 e. The first-order chi connectivity index (χ1) is 25.1. The van der Waals surface area contributed by atoms with Crippen molar-refractivity contribution >= 4 is 17.9 Å². The average molecular weight is 731 g/mol. The number of ether oxygens (including phenoxy) is 3. The molecule has 52 heavy (non-hydrogen) atoms. The molecule has 0 aromatic carbocycles. The molecule has 1 N–H and O–H groups in total. The van der Waals surface area contributed by atoms with Crippen LogP contribution < -0.4 is 0 Å². The zero-order valence-electron chi connectivity index (χ0n) is 33.7. The van der Waals surface area contributed by atoms with Gasteiger partial charge in [-0.3, -0.25) is 9.59 Å². The molecule has 2 atom stereocenters. The summed E-state index contributed by atoms with van der Waals surface area (Å²) in [6, 6.07) is -0.621. The molecule has 0 fully saturated rings. The molecular weight excluding hydrogens is 654 g/mol. The second-order valence-electron chi connectivity index (χ2n) is 14.5. The minimum absolute atomic E-state index is 0.0468. The standard InChI is InChI=1S/C44H75NO7/c1-6-8-10-12-14-16-18-20-22-24-26-28-30-32-34-42(46)51-39-40(38-50-37-36-41(44(48)49)45(3,4)5)52-43(47)35-33-31-29-27-25-23-21-19-17-15-13-11-9-7-2/h8-11,14-17,21,23,40-41H,6-7,12-13,18-20,22,24-39H2,1-5H3/p+1/b10-8+,11-9+,16-14+,17-15+,23-21+. The predicted octanol–water partition coefficient (Wildman–Crippen LogP) is 10.6. The first-order valence-electron chi connectivity index (χ1n) is 20.3. The van der Waals surface area contributed by atoms with E-state index in [1.165, 1.54) is 25.7 Å². The highest BCUT2D eigenvalue weighted by atomic mass is 16.6. The van der Waals surface area contributed by atoms with Crippen molar-refractivity contribution < 1.29 is 38.2 Å². The van der Waals surface area contributed by atoms with E-state index in [4.69, 9.17) is 14.2 Å². The van der Waals surface area contributed by atoms with E-state index in [2.05, 4.69) is 74.6 Å². The summed E-state index contributed by atoms with van der Waals surface area (Å²) >= 11 is 0. The molecule has 0 aliphatic heterocycles. The zero-order valence-corrected chi connectivity index (χ0v) is 33.7. The summed E-state index contributed by atoms with van der Waals surface area (Å²) in [5.41, 5.74) is 0. The van der Waals surface area contributed by atoms with Crippen molar-refractivity contribution in [3.8, 4) is 0 Å². The minimum atomic E-state index is -0.883. The number of carboxylic acid groups (broad SMARTS) is 1. The fourth-order valence-corrected chi connectivity index (χ4v) is 5.55. The number of hydrogen-bond donors (Lipinski definition) is 1. The molecule has 298 valence electrons. The van der Waals surface area contributed by atoms with Crippen molar-refractivity contribution in [1.29, 1.82) is 0 Å². The maximum absolute atomic E-state index is 12.7. The van der Waals surface area contributed by atoms with E-state index >= 15 is 0 Å². The van der Waals surface area contributed by atoms with E-state index in [0.29, 0.717) is 19.3 Å². The third-order valence-corrected chi connectivity index (χ3v) is 8.66. The monoisotopic (exact) mass is 731 g/mol. The molecule has 8 nitrogen and oxygen atoms in total. The Labute approximate surface area is 318 Å². The lowest BCUT2D eigenvalue weighted by molar-refractivity contribution is -0.887. The van der Waals surface area contributed by atoms with Crippen LogP contribution in [-0.2, 0) is 28.6 Å². The van der Waals surface area contributed by atoms with Crippen molar-refractivity contribution in [3.05, 3.63) is 60.8 Å². The molecule has 0 amide bonds. The summed E-state index contributed by atoms with van der Waals surface area (Å²) in [6.45, 7) is 4.46. The largest absolute Gasteiger partial charge is 0.477 e. The van der Waals surface area contributed by atoms with Crippen LogP contribution in [0.1, 0.15) is 149 Å². The van der Waals surface area contributed by atoms with Crippen LogP contribution in [0.3, 0.4) is 0 Å². The van der Waals surface area contributed by atoms with Crippen molar-refractivity contribution in [2.75, 3.05) is 41.0 Å². The Hall–Kier alpha value is -2.97. The second kappa shape index (κ2) is 35.1. The fourth-order valence-electron chi connectivity index (χ4n) is 5.55. The van der Waals surface area contributed by atoms with E-state index in [1.807, 2.05) is 21.1 Å². The van der Waals surface area contributed by atoms with Gasteiger partial charge >= 0.3 is 17.9 Å². The summed E-state index contributed by atoms with van der Waals surface area (Å²) in [5, 5.41) is 9.60. The van der Waals surface area contributed by atoms with E-state index < -0.39 is 18.1 Å². The Kier molecular flexibility index (Phi) is 33.1. The molecule has 2 unspecified atom stereocenters. The lowest BCUT2D eigenvalue weighted by Gasteiger charge is -2.31. The van der Waals surface area contributed by atoms with Gasteiger partial charge in [0.05, 0.1) is 34.4 Å². The summed E-state index contributed by atoms with van der Waals surface area (Å²) in [4.78, 5) is 36.9. The van der Waals surface area contributed by atoms with Gasteiger partial charge in [0.2, 0.25) is 0 Å². The third kappa shape index (κ3) is 32.9. The number of carbonyl (C=O) groups is 3. The van der Waals surface area contributed by atoms with Gasteiger partial charge in [-0.15, -0.1) is 0 Å². The molecule has 0 saturated heterocycles. The van der Waals surface area contributed by atoms with Crippen LogP contribution >= 0.6 is 0 Å². The number of rotatable bonds is 35. The van der Waals surface area contributed by atoms with Gasteiger partial charge in [-0.05, 0) is 70.6 Å². The number of aliphatic carboxylic acids is 1. The highest BCUT2D eigenvalue weighted by molar-refractivity contribution is 5.72. The van der Waals surface area contributed by atoms with Gasteiger partial charge < -0.3 is 23.8 Å². The van der Waals surface area contributed by atoms with Crippen molar-refractivity contribution in [2.24, 2.45) is 0 Å². The predicted molar refractivity (Wildman–Crippen MR) is 215 cm³/mol. The lowest BCUT2D eigenvalue weighted by Crippen LogP contribution is -2.50. The number of likely N-dealkylation sites (N-methyl/N-ethyl adjacent to an activating group) is 1. The summed E-state index contributed by atoms with van der Waals surface area (Å²) < 4.78 is 17.2. The smallest absolute Gasteiger partial charge is 0.362 e. The number of carboxylic acids is 1. The summed E-state index contributed by atoms with van der Waals surface area (Å²) in [6.07, 6.45) is 41.2. The van der Waals surface area contributed by atoms with Crippen LogP contribution in [0.4, 0.5) is 0 Å². The SMILES string of the molecule is CC/C=C/C/C=C/C/C=C/CCCCCCC(=O)OC(COCCC(C(=O)O)[N+](C)(C)C)COC(=O)CCCCCCCCC/C=C/C/C=C/CC. The number of carbonyl (C=O) groups excluding carboxylic acids is 2. The molecule has 0 aliphatic carbocycles. The van der Waals surface area contributed by atoms with Gasteiger partial charge in [0.1, 0.15) is 6.61 Å². The van der Waals surface area contributed by atoms with Crippen LogP contribution in [-0.4, -0.2) is 80.6 Å².